The Morgan fingerprint density at radius 1 is 1.20 bits per heavy atom. The van der Waals surface area contributed by atoms with Crippen LogP contribution in [0.4, 0.5) is 5.69 Å². The van der Waals surface area contributed by atoms with Gasteiger partial charge in [0, 0.05) is 24.9 Å². The van der Waals surface area contributed by atoms with Gasteiger partial charge in [-0.2, -0.15) is 0 Å². The molecule has 6 nitrogen and oxygen atoms in total. The first-order chi connectivity index (χ1) is 14.2. The van der Waals surface area contributed by atoms with E-state index in [0.717, 1.165) is 42.6 Å². The summed E-state index contributed by atoms with van der Waals surface area (Å²) in [6, 6.07) is 7.09. The van der Waals surface area contributed by atoms with Crippen LogP contribution in [0.15, 0.2) is 35.5 Å². The Hall–Kier alpha value is -2.41. The Morgan fingerprint density at radius 2 is 1.87 bits per heavy atom. The molecule has 1 heterocycles. The second-order valence-corrected chi connectivity index (χ2v) is 8.26. The first kappa shape index (κ1) is 23.9. The third-order valence-corrected chi connectivity index (χ3v) is 5.49. The maximum absolute atomic E-state index is 12.8. The summed E-state index contributed by atoms with van der Waals surface area (Å²) < 4.78 is 5.46. The highest BCUT2D eigenvalue weighted by molar-refractivity contribution is 7.80. The quantitative estimate of drug-likeness (QED) is 0.336. The summed E-state index contributed by atoms with van der Waals surface area (Å²) in [7, 11) is 1.82. The van der Waals surface area contributed by atoms with Crippen molar-refractivity contribution in [3.8, 4) is 0 Å². The van der Waals surface area contributed by atoms with E-state index >= 15 is 0 Å². The molecule has 1 aromatic rings. The minimum absolute atomic E-state index is 0.0226. The number of hydrogen-bond acceptors (Lipinski definition) is 4. The van der Waals surface area contributed by atoms with Crippen LogP contribution >= 0.6 is 12.2 Å². The molecule has 0 spiro atoms. The SMILES string of the molecule is CCCCCCC(=O)Nc1ccc([C@H]2NC(=S)N(C)C(C)=C2C(=O)OC(C)C)cc1. The van der Waals surface area contributed by atoms with E-state index in [1.807, 2.05) is 52.1 Å². The number of carbonyl (C=O) groups is 2. The van der Waals surface area contributed by atoms with Gasteiger partial charge in [-0.3, -0.25) is 4.79 Å². The second kappa shape index (κ2) is 11.1. The summed E-state index contributed by atoms with van der Waals surface area (Å²) in [6.45, 7) is 7.67. The molecule has 2 N–H and O–H groups in total. The Kier molecular flexibility index (Phi) is 8.84. The van der Waals surface area contributed by atoms with Crippen molar-refractivity contribution in [1.82, 2.24) is 10.2 Å². The molecule has 30 heavy (non-hydrogen) atoms. The number of benzene rings is 1. The third kappa shape index (κ3) is 6.29. The number of anilines is 1. The number of allylic oxidation sites excluding steroid dienone is 1. The van der Waals surface area contributed by atoms with Crippen LogP contribution in [-0.2, 0) is 14.3 Å². The molecule has 7 heteroatoms. The van der Waals surface area contributed by atoms with Crippen molar-refractivity contribution in [3.63, 3.8) is 0 Å². The van der Waals surface area contributed by atoms with Crippen molar-refractivity contribution in [2.24, 2.45) is 0 Å². The Bertz CT molecular complexity index is 802. The molecule has 0 aromatic heterocycles. The lowest BCUT2D eigenvalue weighted by Gasteiger charge is -2.35. The second-order valence-electron chi connectivity index (χ2n) is 7.88. The molecule has 0 aliphatic carbocycles. The summed E-state index contributed by atoms with van der Waals surface area (Å²) in [4.78, 5) is 26.7. The van der Waals surface area contributed by atoms with Crippen LogP contribution in [0.5, 0.6) is 0 Å². The van der Waals surface area contributed by atoms with Crippen molar-refractivity contribution in [1.29, 1.82) is 0 Å². The molecule has 1 aliphatic rings. The lowest BCUT2D eigenvalue weighted by atomic mass is 9.95. The predicted octanol–water partition coefficient (Wildman–Crippen LogP) is 4.68. The number of carbonyl (C=O) groups excluding carboxylic acids is 2. The van der Waals surface area contributed by atoms with Crippen LogP contribution in [0.2, 0.25) is 0 Å². The van der Waals surface area contributed by atoms with Crippen molar-refractivity contribution in [3.05, 3.63) is 41.1 Å². The van der Waals surface area contributed by atoms with Gasteiger partial charge in [0.25, 0.3) is 0 Å². The van der Waals surface area contributed by atoms with Gasteiger partial charge in [-0.1, -0.05) is 38.3 Å². The average molecular weight is 432 g/mol. The highest BCUT2D eigenvalue weighted by Gasteiger charge is 2.33. The van der Waals surface area contributed by atoms with Crippen molar-refractivity contribution in [2.75, 3.05) is 12.4 Å². The van der Waals surface area contributed by atoms with Crippen molar-refractivity contribution >= 4 is 34.9 Å². The zero-order chi connectivity index (χ0) is 22.3. The van der Waals surface area contributed by atoms with Gasteiger partial charge >= 0.3 is 5.97 Å². The maximum Gasteiger partial charge on any atom is 0.338 e. The molecule has 0 radical (unpaired) electrons. The fourth-order valence-corrected chi connectivity index (χ4v) is 3.58. The maximum atomic E-state index is 12.8. The molecule has 0 saturated heterocycles. The molecule has 1 atom stereocenters. The van der Waals surface area contributed by atoms with E-state index in [-0.39, 0.29) is 18.0 Å². The molecule has 1 aromatic carbocycles. The monoisotopic (exact) mass is 431 g/mol. The smallest absolute Gasteiger partial charge is 0.338 e. The number of unbranched alkanes of at least 4 members (excludes halogenated alkanes) is 3. The van der Waals surface area contributed by atoms with Gasteiger partial charge in [0.05, 0.1) is 17.7 Å². The van der Waals surface area contributed by atoms with Crippen LogP contribution in [0.3, 0.4) is 0 Å². The molecule has 0 fully saturated rings. The van der Waals surface area contributed by atoms with Gasteiger partial charge in [-0.05, 0) is 57.1 Å². The molecule has 0 unspecified atom stereocenters. The fraction of sp³-hybridized carbons (Fsp3) is 0.522. The van der Waals surface area contributed by atoms with Gasteiger partial charge in [-0.15, -0.1) is 0 Å². The number of esters is 1. The number of ether oxygens (including phenoxy) is 1. The molecule has 0 saturated carbocycles. The van der Waals surface area contributed by atoms with Crippen LogP contribution in [0.1, 0.15) is 71.4 Å². The molecule has 164 valence electrons. The van der Waals surface area contributed by atoms with Gasteiger partial charge in [0.15, 0.2) is 5.11 Å². The molecule has 0 bridgehead atoms. The first-order valence-electron chi connectivity index (χ1n) is 10.6. The summed E-state index contributed by atoms with van der Waals surface area (Å²) >= 11 is 5.42. The summed E-state index contributed by atoms with van der Waals surface area (Å²) in [6.07, 6.45) is 4.60. The number of rotatable bonds is 9. The summed E-state index contributed by atoms with van der Waals surface area (Å²) in [5, 5.41) is 6.71. The number of thiocarbonyl (C=S) groups is 1. The lowest BCUT2D eigenvalue weighted by Crippen LogP contribution is -2.46. The average Bonchev–Trinajstić information content (AvgIpc) is 2.69. The lowest BCUT2D eigenvalue weighted by molar-refractivity contribution is -0.143. The fourth-order valence-electron chi connectivity index (χ4n) is 3.32. The van der Waals surface area contributed by atoms with Crippen molar-refractivity contribution in [2.45, 2.75) is 71.9 Å². The molecule has 2 rings (SSSR count). The van der Waals surface area contributed by atoms with E-state index in [9.17, 15) is 9.59 Å². The Morgan fingerprint density at radius 3 is 2.47 bits per heavy atom. The Labute approximate surface area is 185 Å². The van der Waals surface area contributed by atoms with Crippen LogP contribution in [0, 0.1) is 0 Å². The Balaban J connectivity index is 2.15. The van der Waals surface area contributed by atoms with Crippen molar-refractivity contribution < 1.29 is 14.3 Å². The first-order valence-corrected chi connectivity index (χ1v) is 11.0. The van der Waals surface area contributed by atoms with Gasteiger partial charge in [-0.25, -0.2) is 4.79 Å². The molecular formula is C23H33N3O3S. The van der Waals surface area contributed by atoms with Gasteiger partial charge < -0.3 is 20.3 Å². The van der Waals surface area contributed by atoms with Crippen LogP contribution < -0.4 is 10.6 Å². The van der Waals surface area contributed by atoms with Gasteiger partial charge in [0.1, 0.15) is 0 Å². The zero-order valence-corrected chi connectivity index (χ0v) is 19.4. The normalized spacial score (nSPS) is 16.5. The van der Waals surface area contributed by atoms with E-state index in [1.165, 1.54) is 0 Å². The predicted molar refractivity (Wildman–Crippen MR) is 124 cm³/mol. The highest BCUT2D eigenvalue weighted by Crippen LogP contribution is 2.31. The van der Waals surface area contributed by atoms with Gasteiger partial charge in [0.2, 0.25) is 5.91 Å². The number of hydrogen-bond donors (Lipinski definition) is 2. The standard InChI is InChI=1S/C23H33N3O3S/c1-6-7-8-9-10-19(27)24-18-13-11-17(12-14-18)21-20(22(28)29-15(2)3)16(4)26(5)23(30)25-21/h11-15,21H,6-10H2,1-5H3,(H,24,27)(H,25,30)/t21-/m1/s1. The summed E-state index contributed by atoms with van der Waals surface area (Å²) in [5.41, 5.74) is 2.91. The van der Waals surface area contributed by atoms with E-state index < -0.39 is 6.04 Å². The highest BCUT2D eigenvalue weighted by atomic mass is 32.1. The van der Waals surface area contributed by atoms with E-state index in [4.69, 9.17) is 17.0 Å². The van der Waals surface area contributed by atoms with E-state index in [2.05, 4.69) is 17.6 Å². The number of amides is 1. The molecule has 1 aliphatic heterocycles. The number of nitrogens with zero attached hydrogens (tertiary/aromatic N) is 1. The summed E-state index contributed by atoms with van der Waals surface area (Å²) in [5.74, 6) is -0.340. The minimum Gasteiger partial charge on any atom is -0.459 e. The third-order valence-electron chi connectivity index (χ3n) is 5.10. The minimum atomic E-state index is -0.404. The van der Waals surface area contributed by atoms with Crippen LogP contribution in [-0.4, -0.2) is 35.0 Å². The topological polar surface area (TPSA) is 70.7 Å². The van der Waals surface area contributed by atoms with Crippen LogP contribution in [0.25, 0.3) is 0 Å². The van der Waals surface area contributed by atoms with E-state index in [0.29, 0.717) is 17.1 Å². The van der Waals surface area contributed by atoms with E-state index in [1.54, 1.807) is 4.90 Å². The zero-order valence-electron chi connectivity index (χ0n) is 18.6. The largest absolute Gasteiger partial charge is 0.459 e. The molecular weight excluding hydrogens is 398 g/mol. The molecule has 1 amide bonds. The number of nitrogens with one attached hydrogen (secondary N) is 2.